The highest BCUT2D eigenvalue weighted by Gasteiger charge is 2.12. The molecule has 2 aromatic carbocycles. The van der Waals surface area contributed by atoms with E-state index in [1.165, 1.54) is 0 Å². The molecule has 2 rings (SSSR count). The van der Waals surface area contributed by atoms with E-state index in [0.717, 1.165) is 28.3 Å². The van der Waals surface area contributed by atoms with E-state index in [9.17, 15) is 4.79 Å². The number of hydrogen-bond acceptors (Lipinski definition) is 3. The third kappa shape index (κ3) is 5.33. The summed E-state index contributed by atoms with van der Waals surface area (Å²) >= 11 is 0. The third-order valence-electron chi connectivity index (χ3n) is 3.21. The first-order valence-electron chi connectivity index (χ1n) is 7.60. The van der Waals surface area contributed by atoms with E-state index in [1.54, 1.807) is 0 Å². The van der Waals surface area contributed by atoms with Gasteiger partial charge in [-0.25, -0.2) is 0 Å². The van der Waals surface area contributed by atoms with Crippen molar-refractivity contribution in [3.8, 4) is 5.75 Å². The van der Waals surface area contributed by atoms with Crippen molar-refractivity contribution in [2.24, 2.45) is 0 Å². The average molecular weight is 313 g/mol. The predicted molar refractivity (Wildman–Crippen MR) is 92.6 cm³/mol. The summed E-state index contributed by atoms with van der Waals surface area (Å²) in [6, 6.07) is 13.4. The maximum Gasteiger partial charge on any atom is 0.307 e. The highest BCUT2D eigenvalue weighted by atomic mass is 16.5. The van der Waals surface area contributed by atoms with Crippen LogP contribution in [0, 0.1) is 6.92 Å². The van der Waals surface area contributed by atoms with Gasteiger partial charge in [0.25, 0.3) is 0 Å². The summed E-state index contributed by atoms with van der Waals surface area (Å²) in [7, 11) is 0. The second-order valence-electron chi connectivity index (χ2n) is 6.58. The number of aliphatic carboxylic acids is 1. The van der Waals surface area contributed by atoms with Gasteiger partial charge in [-0.3, -0.25) is 4.79 Å². The lowest BCUT2D eigenvalue weighted by atomic mass is 10.1. The molecule has 0 saturated heterocycles. The van der Waals surface area contributed by atoms with Gasteiger partial charge in [0.1, 0.15) is 11.4 Å². The second kappa shape index (κ2) is 6.73. The van der Waals surface area contributed by atoms with Crippen molar-refractivity contribution in [3.05, 3.63) is 53.6 Å². The van der Waals surface area contributed by atoms with Crippen LogP contribution in [0.1, 0.15) is 31.9 Å². The van der Waals surface area contributed by atoms with Gasteiger partial charge in [-0.2, -0.15) is 0 Å². The summed E-state index contributed by atoms with van der Waals surface area (Å²) in [5, 5.41) is 12.1. The first-order chi connectivity index (χ1) is 10.7. The van der Waals surface area contributed by atoms with Gasteiger partial charge in [-0.05, 0) is 69.2 Å². The van der Waals surface area contributed by atoms with Gasteiger partial charge in [0.15, 0.2) is 0 Å². The summed E-state index contributed by atoms with van der Waals surface area (Å²) in [5.41, 5.74) is 3.57. The number of hydrogen-bond donors (Lipinski definition) is 2. The Morgan fingerprint density at radius 3 is 2.30 bits per heavy atom. The molecule has 2 N–H and O–H groups in total. The Morgan fingerprint density at radius 1 is 1.13 bits per heavy atom. The number of anilines is 2. The summed E-state index contributed by atoms with van der Waals surface area (Å²) in [6.07, 6.45) is 0.0398. The van der Waals surface area contributed by atoms with E-state index >= 15 is 0 Å². The lowest BCUT2D eigenvalue weighted by molar-refractivity contribution is -0.136. The fourth-order valence-electron chi connectivity index (χ4n) is 2.23. The molecule has 122 valence electrons. The molecule has 0 spiro atoms. The highest BCUT2D eigenvalue weighted by molar-refractivity contribution is 5.71. The van der Waals surface area contributed by atoms with Gasteiger partial charge in [0.05, 0.1) is 6.42 Å². The van der Waals surface area contributed by atoms with E-state index in [4.69, 9.17) is 9.84 Å². The first-order valence-corrected chi connectivity index (χ1v) is 7.60. The number of carbonyl (C=O) groups is 1. The normalized spacial score (nSPS) is 11.1. The largest absolute Gasteiger partial charge is 0.488 e. The van der Waals surface area contributed by atoms with Crippen molar-refractivity contribution < 1.29 is 14.6 Å². The van der Waals surface area contributed by atoms with Gasteiger partial charge >= 0.3 is 5.97 Å². The first kappa shape index (κ1) is 16.9. The van der Waals surface area contributed by atoms with Crippen LogP contribution in [0.4, 0.5) is 11.4 Å². The molecule has 4 nitrogen and oxygen atoms in total. The molecule has 2 aromatic rings. The minimum absolute atomic E-state index is 0.0398. The van der Waals surface area contributed by atoms with Gasteiger partial charge in [-0.15, -0.1) is 0 Å². The zero-order valence-electron chi connectivity index (χ0n) is 14.0. The number of benzene rings is 2. The van der Waals surface area contributed by atoms with Crippen molar-refractivity contribution in [2.45, 2.75) is 39.7 Å². The molecule has 0 atom stereocenters. The predicted octanol–water partition coefficient (Wildman–Crippen LogP) is 4.54. The van der Waals surface area contributed by atoms with E-state index in [0.29, 0.717) is 0 Å². The number of rotatable bonds is 5. The number of carboxylic acids is 1. The maximum absolute atomic E-state index is 10.7. The molecular weight excluding hydrogens is 290 g/mol. The minimum atomic E-state index is -0.823. The molecule has 0 saturated carbocycles. The molecule has 0 aromatic heterocycles. The molecular formula is C19H23NO3. The smallest absolute Gasteiger partial charge is 0.307 e. The number of aryl methyl sites for hydroxylation is 1. The molecule has 0 aliphatic rings. The molecule has 0 amide bonds. The molecule has 0 radical (unpaired) electrons. The molecule has 0 bridgehead atoms. The van der Waals surface area contributed by atoms with Gasteiger partial charge in [0, 0.05) is 11.4 Å². The summed E-state index contributed by atoms with van der Waals surface area (Å²) in [5.74, 6) is 0.0216. The van der Waals surface area contributed by atoms with Crippen molar-refractivity contribution in [3.63, 3.8) is 0 Å². The number of nitrogens with one attached hydrogen (secondary N) is 1. The third-order valence-corrected chi connectivity index (χ3v) is 3.21. The van der Waals surface area contributed by atoms with Gasteiger partial charge in [-0.1, -0.05) is 12.1 Å². The number of ether oxygens (including phenoxy) is 1. The summed E-state index contributed by atoms with van der Waals surface area (Å²) in [6.45, 7) is 8.09. The molecule has 0 unspecified atom stereocenters. The highest BCUT2D eigenvalue weighted by Crippen LogP contribution is 2.27. The minimum Gasteiger partial charge on any atom is -0.488 e. The molecule has 0 aliphatic carbocycles. The van der Waals surface area contributed by atoms with Crippen molar-refractivity contribution in [2.75, 3.05) is 5.32 Å². The SMILES string of the molecule is Cc1cc(OC(C)(C)C)ccc1Nc1ccc(CC(=O)O)cc1. The van der Waals surface area contributed by atoms with E-state index in [1.807, 2.05) is 70.2 Å². The van der Waals surface area contributed by atoms with Crippen LogP contribution in [0.15, 0.2) is 42.5 Å². The Bertz CT molecular complexity index is 685. The van der Waals surface area contributed by atoms with Gasteiger partial charge in [0.2, 0.25) is 0 Å². The maximum atomic E-state index is 10.7. The molecule has 0 aliphatic heterocycles. The zero-order chi connectivity index (χ0) is 17.0. The monoisotopic (exact) mass is 313 g/mol. The van der Waals surface area contributed by atoms with Crippen molar-refractivity contribution in [1.82, 2.24) is 0 Å². The standard InChI is InChI=1S/C19H23NO3/c1-13-11-16(23-19(2,3)4)9-10-17(13)20-15-7-5-14(6-8-15)12-18(21)22/h5-11,20H,12H2,1-4H3,(H,21,22). The molecule has 23 heavy (non-hydrogen) atoms. The quantitative estimate of drug-likeness (QED) is 0.850. The Balaban J connectivity index is 2.09. The molecule has 4 heteroatoms. The fraction of sp³-hybridized carbons (Fsp3) is 0.316. The Kier molecular flexibility index (Phi) is 4.94. The van der Waals surface area contributed by atoms with Crippen molar-refractivity contribution >= 4 is 17.3 Å². The zero-order valence-corrected chi connectivity index (χ0v) is 14.0. The Labute approximate surface area is 137 Å². The van der Waals surface area contributed by atoms with Crippen LogP contribution in [0.25, 0.3) is 0 Å². The summed E-state index contributed by atoms with van der Waals surface area (Å²) < 4.78 is 5.86. The second-order valence-corrected chi connectivity index (χ2v) is 6.58. The van der Waals surface area contributed by atoms with Crippen molar-refractivity contribution in [1.29, 1.82) is 0 Å². The average Bonchev–Trinajstić information content (AvgIpc) is 2.41. The summed E-state index contributed by atoms with van der Waals surface area (Å²) in [4.78, 5) is 10.7. The van der Waals surface area contributed by atoms with E-state index in [2.05, 4.69) is 5.32 Å². The van der Waals surface area contributed by atoms with E-state index < -0.39 is 5.97 Å². The van der Waals surface area contributed by atoms with Crippen LogP contribution in [-0.2, 0) is 11.2 Å². The van der Waals surface area contributed by atoms with Crippen LogP contribution < -0.4 is 10.1 Å². The lowest BCUT2D eigenvalue weighted by Crippen LogP contribution is -2.22. The van der Waals surface area contributed by atoms with Crippen LogP contribution in [0.5, 0.6) is 5.75 Å². The van der Waals surface area contributed by atoms with E-state index in [-0.39, 0.29) is 12.0 Å². The van der Waals surface area contributed by atoms with Crippen LogP contribution in [0.2, 0.25) is 0 Å². The number of carboxylic acid groups (broad SMARTS) is 1. The molecule has 0 fully saturated rings. The van der Waals surface area contributed by atoms with Crippen LogP contribution >= 0.6 is 0 Å². The Hall–Kier alpha value is -2.49. The topological polar surface area (TPSA) is 58.6 Å². The molecule has 0 heterocycles. The van der Waals surface area contributed by atoms with Gasteiger partial charge < -0.3 is 15.2 Å². The fourth-order valence-corrected chi connectivity index (χ4v) is 2.23. The van der Waals surface area contributed by atoms with Crippen LogP contribution in [0.3, 0.4) is 0 Å². The van der Waals surface area contributed by atoms with Crippen LogP contribution in [-0.4, -0.2) is 16.7 Å². The Morgan fingerprint density at radius 2 is 1.78 bits per heavy atom. The lowest BCUT2D eigenvalue weighted by Gasteiger charge is -2.22.